The van der Waals surface area contributed by atoms with E-state index in [9.17, 15) is 33.9 Å². The first-order valence-corrected chi connectivity index (χ1v) is 11.3. The number of carboxylic acid groups (broad SMARTS) is 2. The van der Waals surface area contributed by atoms with Gasteiger partial charge in [0.15, 0.2) is 0 Å². The minimum Gasteiger partial charge on any atom is -0.481 e. The quantitative estimate of drug-likeness (QED) is 0.0997. The van der Waals surface area contributed by atoms with E-state index < -0.39 is 72.8 Å². The molecule has 0 radical (unpaired) electrons. The zero-order chi connectivity index (χ0) is 25.6. The molecule has 0 aliphatic rings. The Morgan fingerprint density at radius 3 is 1.76 bits per heavy atom. The van der Waals surface area contributed by atoms with Crippen molar-refractivity contribution in [3.8, 4) is 0 Å². The summed E-state index contributed by atoms with van der Waals surface area (Å²) in [6.07, 6.45) is 0.497. The molecule has 0 saturated heterocycles. The van der Waals surface area contributed by atoms with Crippen LogP contribution in [-0.2, 0) is 28.8 Å². The highest BCUT2D eigenvalue weighted by Crippen LogP contribution is 2.06. The Morgan fingerprint density at radius 1 is 0.818 bits per heavy atom. The standard InChI is InChI=1S/C18H31N5O9S/c1-33-7-6-11(17(30)23-12(18(31)32)2-4-13(20)25)22-16(29)10(3-5-14(26)27)21-15(28)9(19)8-24/h9-12,24H,2-8,19H2,1H3,(H2,20,25)(H,21,28)(H,22,29)(H,23,30)(H,26,27)(H,31,32). The number of carbonyl (C=O) groups excluding carboxylic acids is 4. The largest absolute Gasteiger partial charge is 0.481 e. The van der Waals surface area contributed by atoms with Crippen molar-refractivity contribution in [3.05, 3.63) is 0 Å². The Bertz CT molecular complexity index is 721. The molecule has 10 N–H and O–H groups in total. The fourth-order valence-corrected chi connectivity index (χ4v) is 2.96. The van der Waals surface area contributed by atoms with E-state index in [4.69, 9.17) is 21.7 Å². The Labute approximate surface area is 194 Å². The minimum atomic E-state index is -1.43. The molecule has 0 aromatic rings. The fourth-order valence-electron chi connectivity index (χ4n) is 2.49. The van der Waals surface area contributed by atoms with Crippen molar-refractivity contribution in [3.63, 3.8) is 0 Å². The van der Waals surface area contributed by atoms with E-state index in [0.717, 1.165) is 0 Å². The van der Waals surface area contributed by atoms with Crippen molar-refractivity contribution < 1.29 is 44.1 Å². The maximum Gasteiger partial charge on any atom is 0.326 e. The van der Waals surface area contributed by atoms with Gasteiger partial charge in [0.25, 0.3) is 0 Å². The van der Waals surface area contributed by atoms with E-state index in [1.165, 1.54) is 11.8 Å². The van der Waals surface area contributed by atoms with E-state index in [1.807, 2.05) is 0 Å². The third-order valence-corrected chi connectivity index (χ3v) is 4.99. The van der Waals surface area contributed by atoms with Gasteiger partial charge in [0.1, 0.15) is 24.2 Å². The topological polar surface area (TPSA) is 251 Å². The van der Waals surface area contributed by atoms with Crippen LogP contribution in [0.1, 0.15) is 32.1 Å². The predicted molar refractivity (Wildman–Crippen MR) is 117 cm³/mol. The van der Waals surface area contributed by atoms with Gasteiger partial charge in [0.2, 0.25) is 23.6 Å². The molecule has 0 saturated carbocycles. The number of carbonyl (C=O) groups is 6. The summed E-state index contributed by atoms with van der Waals surface area (Å²) >= 11 is 1.35. The van der Waals surface area contributed by atoms with Gasteiger partial charge in [-0.15, -0.1) is 0 Å². The molecule has 14 nitrogen and oxygen atoms in total. The van der Waals surface area contributed by atoms with E-state index in [-0.39, 0.29) is 25.7 Å². The average Bonchev–Trinajstić information content (AvgIpc) is 2.74. The summed E-state index contributed by atoms with van der Waals surface area (Å²) < 4.78 is 0. The summed E-state index contributed by atoms with van der Waals surface area (Å²) in [5.74, 6) is -5.61. The second kappa shape index (κ2) is 15.8. The van der Waals surface area contributed by atoms with Gasteiger partial charge >= 0.3 is 11.9 Å². The molecule has 0 aliphatic carbocycles. The van der Waals surface area contributed by atoms with E-state index in [1.54, 1.807) is 6.26 Å². The highest BCUT2D eigenvalue weighted by Gasteiger charge is 2.30. The van der Waals surface area contributed by atoms with Crippen LogP contribution in [-0.4, -0.2) is 93.7 Å². The molecule has 0 spiro atoms. The Balaban J connectivity index is 5.46. The molecule has 0 fully saturated rings. The van der Waals surface area contributed by atoms with Crippen molar-refractivity contribution in [2.24, 2.45) is 11.5 Å². The number of aliphatic carboxylic acids is 2. The molecule has 0 heterocycles. The number of aliphatic hydroxyl groups is 1. The second-order valence-electron chi connectivity index (χ2n) is 7.03. The third kappa shape index (κ3) is 12.6. The van der Waals surface area contributed by atoms with Crippen molar-refractivity contribution in [2.45, 2.75) is 56.3 Å². The fraction of sp³-hybridized carbons (Fsp3) is 0.667. The van der Waals surface area contributed by atoms with Crippen LogP contribution in [0.4, 0.5) is 0 Å². The number of aliphatic hydroxyl groups excluding tert-OH is 1. The van der Waals surface area contributed by atoms with Crippen molar-refractivity contribution in [1.29, 1.82) is 0 Å². The number of hydrogen-bond acceptors (Lipinski definition) is 9. The monoisotopic (exact) mass is 493 g/mol. The smallest absolute Gasteiger partial charge is 0.326 e. The Kier molecular flexibility index (Phi) is 14.4. The molecular weight excluding hydrogens is 462 g/mol. The van der Waals surface area contributed by atoms with Crippen molar-refractivity contribution in [1.82, 2.24) is 16.0 Å². The maximum atomic E-state index is 12.7. The zero-order valence-electron chi connectivity index (χ0n) is 18.1. The number of primary amides is 1. The maximum absolute atomic E-state index is 12.7. The van der Waals surface area contributed by atoms with Gasteiger partial charge in [0, 0.05) is 12.8 Å². The van der Waals surface area contributed by atoms with Gasteiger partial charge in [-0.25, -0.2) is 4.79 Å². The lowest BCUT2D eigenvalue weighted by molar-refractivity contribution is -0.142. The van der Waals surface area contributed by atoms with Gasteiger partial charge in [-0.3, -0.25) is 24.0 Å². The summed E-state index contributed by atoms with van der Waals surface area (Å²) in [6.45, 7) is -0.709. The number of nitrogens with two attached hydrogens (primary N) is 2. The minimum absolute atomic E-state index is 0.0939. The van der Waals surface area contributed by atoms with E-state index in [2.05, 4.69) is 16.0 Å². The first kappa shape index (κ1) is 30.1. The van der Waals surface area contributed by atoms with Crippen molar-refractivity contribution >= 4 is 47.3 Å². The number of carboxylic acids is 2. The zero-order valence-corrected chi connectivity index (χ0v) is 18.9. The third-order valence-electron chi connectivity index (χ3n) is 4.35. The summed E-state index contributed by atoms with van der Waals surface area (Å²) in [5, 5.41) is 34.0. The number of amides is 4. The Morgan fingerprint density at radius 2 is 1.30 bits per heavy atom. The first-order chi connectivity index (χ1) is 15.4. The molecule has 188 valence electrons. The lowest BCUT2D eigenvalue weighted by Gasteiger charge is -2.24. The summed E-state index contributed by atoms with van der Waals surface area (Å²) in [5.41, 5.74) is 10.4. The molecule has 15 heteroatoms. The molecule has 4 unspecified atom stereocenters. The van der Waals surface area contributed by atoms with Gasteiger partial charge in [-0.05, 0) is 31.3 Å². The highest BCUT2D eigenvalue weighted by atomic mass is 32.2. The average molecular weight is 494 g/mol. The van der Waals surface area contributed by atoms with Gasteiger partial charge in [0.05, 0.1) is 6.61 Å². The number of nitrogens with one attached hydrogen (secondary N) is 3. The first-order valence-electron chi connectivity index (χ1n) is 9.92. The molecule has 0 bridgehead atoms. The summed E-state index contributed by atoms with van der Waals surface area (Å²) in [4.78, 5) is 70.6. The van der Waals surface area contributed by atoms with Gasteiger partial charge in [-0.2, -0.15) is 11.8 Å². The highest BCUT2D eigenvalue weighted by molar-refractivity contribution is 7.98. The summed E-state index contributed by atoms with van der Waals surface area (Å²) in [6, 6.07) is -5.36. The second-order valence-corrected chi connectivity index (χ2v) is 8.02. The van der Waals surface area contributed by atoms with Crippen LogP contribution in [0.3, 0.4) is 0 Å². The van der Waals surface area contributed by atoms with Gasteiger partial charge < -0.3 is 42.7 Å². The molecule has 4 atom stereocenters. The number of thioether (sulfide) groups is 1. The van der Waals surface area contributed by atoms with E-state index in [0.29, 0.717) is 5.75 Å². The van der Waals surface area contributed by atoms with Crippen LogP contribution in [0.15, 0.2) is 0 Å². The lowest BCUT2D eigenvalue weighted by atomic mass is 10.1. The van der Waals surface area contributed by atoms with Crippen LogP contribution in [0.25, 0.3) is 0 Å². The van der Waals surface area contributed by atoms with Crippen molar-refractivity contribution in [2.75, 3.05) is 18.6 Å². The molecule has 0 aliphatic heterocycles. The molecule has 0 rings (SSSR count). The van der Waals surface area contributed by atoms with Crippen LogP contribution in [0, 0.1) is 0 Å². The van der Waals surface area contributed by atoms with Crippen LogP contribution in [0.2, 0.25) is 0 Å². The molecule has 33 heavy (non-hydrogen) atoms. The van der Waals surface area contributed by atoms with Gasteiger partial charge in [-0.1, -0.05) is 0 Å². The van der Waals surface area contributed by atoms with Crippen LogP contribution < -0.4 is 27.4 Å². The molecule has 0 aromatic carbocycles. The normalized spacial score (nSPS) is 14.3. The number of hydrogen-bond donors (Lipinski definition) is 8. The lowest BCUT2D eigenvalue weighted by Crippen LogP contribution is -2.57. The predicted octanol–water partition coefficient (Wildman–Crippen LogP) is -3.27. The number of rotatable bonds is 17. The molecular formula is C18H31N5O9S. The Hall–Kier alpha value is -2.91. The van der Waals surface area contributed by atoms with Crippen LogP contribution >= 0.6 is 11.8 Å². The SMILES string of the molecule is CSCCC(NC(=O)C(CCC(=O)O)NC(=O)C(N)CO)C(=O)NC(CCC(N)=O)C(=O)O. The van der Waals surface area contributed by atoms with Crippen LogP contribution in [0.5, 0.6) is 0 Å². The summed E-state index contributed by atoms with van der Waals surface area (Å²) in [7, 11) is 0. The van der Waals surface area contributed by atoms with E-state index >= 15 is 0 Å². The molecule has 4 amide bonds. The molecule has 0 aromatic heterocycles.